The first kappa shape index (κ1) is 42.7. The second-order valence-corrected chi connectivity index (χ2v) is 20.3. The summed E-state index contributed by atoms with van der Waals surface area (Å²) in [5, 5.41) is 32.2. The molecule has 3 aromatic heterocycles. The molecular formula is C43H59N9O5Si. The van der Waals surface area contributed by atoms with Crippen LogP contribution in [0.3, 0.4) is 0 Å². The van der Waals surface area contributed by atoms with E-state index >= 15 is 0 Å². The lowest BCUT2D eigenvalue weighted by atomic mass is 10.1. The lowest BCUT2D eigenvalue weighted by Crippen LogP contribution is -2.66. The molecule has 0 aliphatic carbocycles. The van der Waals surface area contributed by atoms with E-state index in [2.05, 4.69) is 102 Å². The van der Waals surface area contributed by atoms with Crippen molar-refractivity contribution in [1.29, 1.82) is 0 Å². The number of rotatable bonds is 18. The number of pyridine rings is 1. The molecule has 14 nitrogen and oxygen atoms in total. The van der Waals surface area contributed by atoms with Crippen LogP contribution in [0.5, 0.6) is 5.75 Å². The quantitative estimate of drug-likeness (QED) is 0.0843. The largest absolute Gasteiger partial charge is 0.495 e. The van der Waals surface area contributed by atoms with Gasteiger partial charge in [-0.3, -0.25) is 24.8 Å². The van der Waals surface area contributed by atoms with Gasteiger partial charge in [0.1, 0.15) is 22.5 Å². The Morgan fingerprint density at radius 2 is 1.60 bits per heavy atom. The Morgan fingerprint density at radius 3 is 2.19 bits per heavy atom. The number of aryl methyl sites for hydroxylation is 1. The normalized spacial score (nSPS) is 14.7. The molecule has 1 fully saturated rings. The van der Waals surface area contributed by atoms with E-state index in [0.29, 0.717) is 53.6 Å². The summed E-state index contributed by atoms with van der Waals surface area (Å²) in [4.78, 5) is 30.7. The minimum Gasteiger partial charge on any atom is -0.495 e. The first-order valence-electron chi connectivity index (χ1n) is 20.3. The zero-order valence-electron chi connectivity index (χ0n) is 34.7. The Kier molecular flexibility index (Phi) is 14.1. The lowest BCUT2D eigenvalue weighted by molar-refractivity contribution is 0.108. The van der Waals surface area contributed by atoms with Crippen LogP contribution in [0.4, 0.5) is 16.6 Å². The average Bonchev–Trinajstić information content (AvgIpc) is 3.52. The summed E-state index contributed by atoms with van der Waals surface area (Å²) in [6.45, 7) is 16.9. The fourth-order valence-corrected chi connectivity index (χ4v) is 12.7. The smallest absolute Gasteiger partial charge is 0.411 e. The van der Waals surface area contributed by atoms with Gasteiger partial charge in [0.15, 0.2) is 5.82 Å². The van der Waals surface area contributed by atoms with E-state index in [1.807, 2.05) is 36.0 Å². The molecule has 1 atom stereocenters. The van der Waals surface area contributed by atoms with E-state index in [1.54, 1.807) is 7.11 Å². The number of ether oxygens (including phenoxy) is 1. The van der Waals surface area contributed by atoms with Gasteiger partial charge in [0.25, 0.3) is 8.32 Å². The fourth-order valence-electron chi connectivity index (χ4n) is 8.15. The molecule has 310 valence electrons. The standard InChI is InChI=1S/C43H59N9O5Si/c1-7-14-33(19-26-57-58(43(3,4)5,34-15-10-8-11-16-34)35-17-12-9-13-18-35)45-40-39-38(46-41(47-40)48-42(54)55)31(2)49-52(39)30-36-37(56-6)27-32(28-44-36)29-51-22-20-50(21-23-51)24-25-53/h8-13,15-18,27-28,33,53H,7,14,19-26,29-30H2,1-6H3,(H,54,55)(H2,45,46,47,48). The maximum atomic E-state index is 11.8. The highest BCUT2D eigenvalue weighted by atomic mass is 28.4. The molecule has 4 heterocycles. The SMILES string of the molecule is CCCC(CCO[Si](c1ccccc1)(c1ccccc1)C(C)(C)C)Nc1nc(NC(=O)O)nc2c(C)nn(Cc3ncc(CN4CCN(CCO)CC4)cc3OC)c12. The van der Waals surface area contributed by atoms with Gasteiger partial charge in [0.2, 0.25) is 5.95 Å². The maximum Gasteiger partial charge on any atom is 0.411 e. The van der Waals surface area contributed by atoms with Gasteiger partial charge in [0.05, 0.1) is 26.0 Å². The minimum atomic E-state index is -2.76. The Balaban J connectivity index is 1.28. The zero-order chi connectivity index (χ0) is 41.3. The number of β-amino-alcohol motifs (C(OH)–C–C–N with tert-alkyl or cyclic N) is 1. The van der Waals surface area contributed by atoms with Crippen molar-refractivity contribution in [2.45, 2.75) is 78.1 Å². The number of methoxy groups -OCH3 is 1. The number of aromatic nitrogens is 5. The molecule has 0 radical (unpaired) electrons. The molecule has 6 rings (SSSR count). The first-order chi connectivity index (χ1) is 27.9. The average molecular weight is 810 g/mol. The summed E-state index contributed by atoms with van der Waals surface area (Å²) >= 11 is 0. The van der Waals surface area contributed by atoms with Gasteiger partial charge in [-0.05, 0) is 46.8 Å². The van der Waals surface area contributed by atoms with Gasteiger partial charge in [0, 0.05) is 58.1 Å². The van der Waals surface area contributed by atoms with Gasteiger partial charge in [-0.15, -0.1) is 0 Å². The van der Waals surface area contributed by atoms with Crippen LogP contribution in [0.15, 0.2) is 72.9 Å². The lowest BCUT2D eigenvalue weighted by Gasteiger charge is -2.43. The molecule has 58 heavy (non-hydrogen) atoms. The molecule has 1 aliphatic heterocycles. The van der Waals surface area contributed by atoms with Crippen molar-refractivity contribution in [2.75, 3.05) is 63.7 Å². The minimum absolute atomic E-state index is 0.0267. The van der Waals surface area contributed by atoms with Crippen LogP contribution in [-0.2, 0) is 17.5 Å². The van der Waals surface area contributed by atoms with Gasteiger partial charge in [-0.1, -0.05) is 94.8 Å². The zero-order valence-corrected chi connectivity index (χ0v) is 35.7. The van der Waals surface area contributed by atoms with Crippen molar-refractivity contribution in [1.82, 2.24) is 34.5 Å². The molecule has 1 unspecified atom stereocenters. The number of benzene rings is 2. The summed E-state index contributed by atoms with van der Waals surface area (Å²) < 4.78 is 15.0. The van der Waals surface area contributed by atoms with Crippen molar-refractivity contribution >= 4 is 47.6 Å². The first-order valence-corrected chi connectivity index (χ1v) is 22.2. The molecule has 4 N–H and O–H groups in total. The van der Waals surface area contributed by atoms with E-state index in [-0.39, 0.29) is 30.2 Å². The second kappa shape index (κ2) is 19.2. The predicted molar refractivity (Wildman–Crippen MR) is 231 cm³/mol. The summed E-state index contributed by atoms with van der Waals surface area (Å²) in [5.74, 6) is 1.11. The predicted octanol–water partition coefficient (Wildman–Crippen LogP) is 5.33. The topological polar surface area (TPSA) is 163 Å². The molecule has 1 amide bonds. The molecule has 1 aliphatic rings. The van der Waals surface area contributed by atoms with Crippen LogP contribution in [-0.4, -0.2) is 118 Å². The van der Waals surface area contributed by atoms with Crippen molar-refractivity contribution in [2.24, 2.45) is 0 Å². The Labute approximate surface area is 342 Å². The van der Waals surface area contributed by atoms with Crippen LogP contribution in [0.25, 0.3) is 11.0 Å². The van der Waals surface area contributed by atoms with Crippen molar-refractivity contribution < 1.29 is 24.2 Å². The van der Waals surface area contributed by atoms with Gasteiger partial charge < -0.3 is 24.7 Å². The van der Waals surface area contributed by atoms with E-state index in [0.717, 1.165) is 51.1 Å². The number of hydrogen-bond donors (Lipinski definition) is 4. The summed E-state index contributed by atoms with van der Waals surface area (Å²) in [5.41, 5.74) is 3.57. The highest BCUT2D eigenvalue weighted by molar-refractivity contribution is 6.99. The highest BCUT2D eigenvalue weighted by Crippen LogP contribution is 2.37. The Hall–Kier alpha value is -4.93. The van der Waals surface area contributed by atoms with E-state index in [1.165, 1.54) is 10.4 Å². The number of nitrogens with one attached hydrogen (secondary N) is 2. The third kappa shape index (κ3) is 9.84. The number of hydrogen-bond acceptors (Lipinski definition) is 11. The van der Waals surface area contributed by atoms with Crippen molar-refractivity contribution in [3.63, 3.8) is 0 Å². The van der Waals surface area contributed by atoms with Crippen molar-refractivity contribution in [3.05, 3.63) is 89.9 Å². The molecule has 2 aromatic carbocycles. The van der Waals surface area contributed by atoms with E-state index in [9.17, 15) is 15.0 Å². The Morgan fingerprint density at radius 1 is 0.948 bits per heavy atom. The molecular weight excluding hydrogens is 751 g/mol. The van der Waals surface area contributed by atoms with E-state index < -0.39 is 14.4 Å². The van der Waals surface area contributed by atoms with Crippen LogP contribution in [0.2, 0.25) is 5.04 Å². The van der Waals surface area contributed by atoms with Gasteiger partial charge in [-0.2, -0.15) is 10.1 Å². The molecule has 1 saturated heterocycles. The number of aliphatic hydroxyl groups excluding tert-OH is 1. The van der Waals surface area contributed by atoms with Crippen LogP contribution in [0.1, 0.15) is 63.9 Å². The van der Waals surface area contributed by atoms with Gasteiger partial charge >= 0.3 is 6.09 Å². The van der Waals surface area contributed by atoms with Crippen molar-refractivity contribution in [3.8, 4) is 5.75 Å². The van der Waals surface area contributed by atoms with Gasteiger partial charge in [-0.25, -0.2) is 9.78 Å². The number of nitrogens with zero attached hydrogens (tertiary/aromatic N) is 7. The number of anilines is 2. The van der Waals surface area contributed by atoms with Crippen LogP contribution in [0, 0.1) is 6.92 Å². The second-order valence-electron chi connectivity index (χ2n) is 16.0. The summed E-state index contributed by atoms with van der Waals surface area (Å²) in [6.07, 6.45) is 3.07. The third-order valence-corrected chi connectivity index (χ3v) is 16.0. The fraction of sp³-hybridized carbons (Fsp3) is 0.465. The number of carboxylic acid groups (broad SMARTS) is 1. The Bertz CT molecular complexity index is 2070. The number of aliphatic hydroxyl groups is 1. The molecule has 0 saturated carbocycles. The monoisotopic (exact) mass is 809 g/mol. The molecule has 0 spiro atoms. The summed E-state index contributed by atoms with van der Waals surface area (Å²) in [7, 11) is -1.11. The number of carbonyl (C=O) groups is 1. The van der Waals surface area contributed by atoms with E-state index in [4.69, 9.17) is 24.2 Å². The number of fused-ring (bicyclic) bond motifs is 1. The molecule has 15 heteroatoms. The summed E-state index contributed by atoms with van der Waals surface area (Å²) in [6, 6.07) is 23.2. The highest BCUT2D eigenvalue weighted by Gasteiger charge is 2.50. The molecule has 5 aromatic rings. The number of amides is 1. The van der Waals surface area contributed by atoms with Crippen LogP contribution < -0.4 is 25.7 Å². The third-order valence-electron chi connectivity index (χ3n) is 10.9. The number of piperazine rings is 1. The van der Waals surface area contributed by atoms with Crippen LogP contribution >= 0.6 is 0 Å². The maximum absolute atomic E-state index is 11.8. The molecule has 0 bridgehead atoms.